The molecule has 5 heterocycles. The molecule has 0 unspecified atom stereocenters. The fourth-order valence-electron chi connectivity index (χ4n) is 6.80. The predicted octanol–water partition coefficient (Wildman–Crippen LogP) is 6.00. The average molecular weight is 612 g/mol. The lowest BCUT2D eigenvalue weighted by Gasteiger charge is -2.34. The number of terminal acetylenes is 1. The molecule has 0 amide bonds. The first kappa shape index (κ1) is 26.2. The van der Waals surface area contributed by atoms with Crippen LogP contribution in [0.3, 0.4) is 0 Å². The van der Waals surface area contributed by atoms with Gasteiger partial charge < -0.3 is 14.7 Å². The maximum absolute atomic E-state index is 16.7. The zero-order chi connectivity index (χ0) is 32.6. The Hall–Kier alpha value is -4.24. The van der Waals surface area contributed by atoms with E-state index in [0.29, 0.717) is 24.8 Å². The highest BCUT2D eigenvalue weighted by Crippen LogP contribution is 2.42. The molecule has 0 saturated carbocycles. The number of hydrogen-bond acceptors (Lipinski definition) is 7. The average Bonchev–Trinajstić information content (AvgIpc) is 3.54. The van der Waals surface area contributed by atoms with Gasteiger partial charge in [-0.3, -0.25) is 9.88 Å². The molecule has 7 nitrogen and oxygen atoms in total. The van der Waals surface area contributed by atoms with Gasteiger partial charge >= 0.3 is 6.01 Å². The van der Waals surface area contributed by atoms with Gasteiger partial charge in [0.25, 0.3) is 5.92 Å². The lowest BCUT2D eigenvalue weighted by molar-refractivity contribution is -0.0118. The molecule has 1 N–H and O–H groups in total. The highest BCUT2D eigenvalue weighted by molar-refractivity contribution is 6.03. The number of rotatable bonds is 5. The van der Waals surface area contributed by atoms with Crippen molar-refractivity contribution in [2.45, 2.75) is 49.7 Å². The molecule has 3 aliphatic rings. The molecule has 0 aliphatic carbocycles. The summed E-state index contributed by atoms with van der Waals surface area (Å²) in [4.78, 5) is 15.7. The van der Waals surface area contributed by atoms with Gasteiger partial charge in [-0.25, -0.2) is 22.0 Å². The molecule has 0 spiro atoms. The molecule has 4 aromatic rings. The molecule has 2 aromatic carbocycles. The van der Waals surface area contributed by atoms with Crippen molar-refractivity contribution in [3.63, 3.8) is 0 Å². The number of halogens is 5. The van der Waals surface area contributed by atoms with Crippen molar-refractivity contribution in [1.29, 1.82) is 0 Å². The summed E-state index contributed by atoms with van der Waals surface area (Å²) in [6.45, 7) is -2.62. The molecule has 0 bridgehead atoms. The number of hydrogen-bond donors (Lipinski definition) is 1. The fraction of sp³-hybridized carbons (Fsp3) is 0.406. The van der Waals surface area contributed by atoms with Gasteiger partial charge in [0.05, 0.1) is 25.8 Å². The van der Waals surface area contributed by atoms with Crippen LogP contribution in [0, 0.1) is 24.0 Å². The van der Waals surface area contributed by atoms with Crippen molar-refractivity contribution in [2.24, 2.45) is 0 Å². The number of aromatic nitrogens is 3. The Morgan fingerprint density at radius 3 is 2.77 bits per heavy atom. The number of pyridine rings is 1. The van der Waals surface area contributed by atoms with E-state index in [1.165, 1.54) is 29.3 Å². The molecule has 2 aromatic heterocycles. The summed E-state index contributed by atoms with van der Waals surface area (Å²) in [5.74, 6) is -3.06. The van der Waals surface area contributed by atoms with Crippen LogP contribution in [0.25, 0.3) is 32.9 Å². The Balaban J connectivity index is 1.43. The standard InChI is InChI=1S/C32H28F5N5O2/c1-2-21-24(34)6-5-18-11-20(43)12-22(25(18)21)27-26(35)28-23(14-38-27)29(41-9-4-8-32(36,37)16-41)40-30(39-28)44-17-31-7-3-10-42(31)15-19(33)13-31/h1,5-6,11-12,14,19,43H,3-4,7-10,13,15-17H2/t19-,31+/m1/s1/i17D2. The summed E-state index contributed by atoms with van der Waals surface area (Å²) in [6.07, 6.45) is 6.06. The largest absolute Gasteiger partial charge is 0.508 e. The monoisotopic (exact) mass is 611 g/mol. The number of anilines is 1. The Kier molecular flexibility index (Phi) is 6.21. The van der Waals surface area contributed by atoms with Crippen LogP contribution in [0.2, 0.25) is 0 Å². The van der Waals surface area contributed by atoms with E-state index in [1.807, 2.05) is 0 Å². The first-order chi connectivity index (χ1) is 21.8. The van der Waals surface area contributed by atoms with E-state index in [1.54, 1.807) is 4.90 Å². The summed E-state index contributed by atoms with van der Waals surface area (Å²) >= 11 is 0. The van der Waals surface area contributed by atoms with Crippen LogP contribution in [0.1, 0.15) is 40.4 Å². The molecule has 12 heteroatoms. The van der Waals surface area contributed by atoms with E-state index in [0.717, 1.165) is 6.07 Å². The van der Waals surface area contributed by atoms with Gasteiger partial charge in [0, 0.05) is 43.1 Å². The third-order valence-corrected chi connectivity index (χ3v) is 8.72. The van der Waals surface area contributed by atoms with E-state index in [2.05, 4.69) is 20.9 Å². The minimum Gasteiger partial charge on any atom is -0.508 e. The second kappa shape index (κ2) is 10.4. The summed E-state index contributed by atoms with van der Waals surface area (Å²) in [5.41, 5.74) is -2.37. The van der Waals surface area contributed by atoms with Crippen molar-refractivity contribution in [1.82, 2.24) is 19.9 Å². The number of phenols is 1. The molecule has 3 saturated heterocycles. The summed E-state index contributed by atoms with van der Waals surface area (Å²) in [6, 6.07) is 4.37. The molecule has 44 heavy (non-hydrogen) atoms. The topological polar surface area (TPSA) is 74.6 Å². The van der Waals surface area contributed by atoms with Gasteiger partial charge in [0.1, 0.15) is 41.3 Å². The number of ether oxygens (including phenoxy) is 1. The van der Waals surface area contributed by atoms with Gasteiger partial charge in [0.2, 0.25) is 0 Å². The number of phenolic OH excluding ortho intramolecular Hbond substituents is 1. The van der Waals surface area contributed by atoms with Crippen molar-refractivity contribution >= 4 is 27.5 Å². The van der Waals surface area contributed by atoms with Crippen LogP contribution in [0.4, 0.5) is 27.8 Å². The van der Waals surface area contributed by atoms with Gasteiger partial charge in [0.15, 0.2) is 5.82 Å². The maximum atomic E-state index is 16.7. The Morgan fingerprint density at radius 1 is 1.16 bits per heavy atom. The zero-order valence-corrected chi connectivity index (χ0v) is 23.4. The lowest BCUT2D eigenvalue weighted by Crippen LogP contribution is -2.44. The number of nitrogens with zero attached hydrogens (tertiary/aromatic N) is 5. The van der Waals surface area contributed by atoms with Crippen molar-refractivity contribution in [2.75, 3.05) is 37.6 Å². The number of fused-ring (bicyclic) bond motifs is 3. The van der Waals surface area contributed by atoms with E-state index in [9.17, 15) is 22.7 Å². The van der Waals surface area contributed by atoms with E-state index >= 15 is 4.39 Å². The first-order valence-corrected chi connectivity index (χ1v) is 14.3. The van der Waals surface area contributed by atoms with Crippen LogP contribution in [0.15, 0.2) is 30.5 Å². The normalized spacial score (nSPS) is 24.3. The van der Waals surface area contributed by atoms with Crippen molar-refractivity contribution in [3.8, 4) is 35.4 Å². The zero-order valence-electron chi connectivity index (χ0n) is 25.4. The summed E-state index contributed by atoms with van der Waals surface area (Å²) in [5, 5.41) is 10.8. The Bertz CT molecular complexity index is 1940. The second-order valence-electron chi connectivity index (χ2n) is 11.6. The van der Waals surface area contributed by atoms with Gasteiger partial charge in [-0.05, 0) is 49.4 Å². The maximum Gasteiger partial charge on any atom is 0.319 e. The van der Waals surface area contributed by atoms with Crippen LogP contribution in [-0.4, -0.2) is 75.3 Å². The molecule has 2 atom stereocenters. The van der Waals surface area contributed by atoms with Crippen molar-refractivity contribution < 1.29 is 34.5 Å². The van der Waals surface area contributed by atoms with Crippen molar-refractivity contribution in [3.05, 3.63) is 47.7 Å². The summed E-state index contributed by atoms with van der Waals surface area (Å²) in [7, 11) is 0. The molecule has 3 aliphatic heterocycles. The van der Waals surface area contributed by atoms with E-state index in [-0.39, 0.29) is 71.5 Å². The molecular weight excluding hydrogens is 581 g/mol. The molecule has 7 rings (SSSR count). The molecule has 0 radical (unpaired) electrons. The third kappa shape index (κ3) is 4.74. The highest BCUT2D eigenvalue weighted by atomic mass is 19.3. The smallest absolute Gasteiger partial charge is 0.319 e. The number of piperidine rings is 1. The lowest BCUT2D eigenvalue weighted by atomic mass is 9.95. The van der Waals surface area contributed by atoms with Gasteiger partial charge in [-0.15, -0.1) is 6.42 Å². The molecule has 3 fully saturated rings. The minimum absolute atomic E-state index is 0.0390. The van der Waals surface area contributed by atoms with Crippen LogP contribution in [0.5, 0.6) is 11.8 Å². The quantitative estimate of drug-likeness (QED) is 0.219. The van der Waals surface area contributed by atoms with Gasteiger partial charge in [-0.2, -0.15) is 9.97 Å². The minimum atomic E-state index is -3.07. The van der Waals surface area contributed by atoms with E-state index < -0.39 is 53.9 Å². The van der Waals surface area contributed by atoms with Gasteiger partial charge in [-0.1, -0.05) is 12.0 Å². The second-order valence-corrected chi connectivity index (χ2v) is 11.6. The third-order valence-electron chi connectivity index (χ3n) is 8.72. The fourth-order valence-corrected chi connectivity index (χ4v) is 6.80. The highest BCUT2D eigenvalue weighted by Gasteiger charge is 2.49. The van der Waals surface area contributed by atoms with Crippen LogP contribution < -0.4 is 9.64 Å². The van der Waals surface area contributed by atoms with Crippen LogP contribution >= 0.6 is 0 Å². The molecular formula is C32H28F5N5O2. The number of benzene rings is 2. The predicted molar refractivity (Wildman–Crippen MR) is 155 cm³/mol. The Labute approximate surface area is 252 Å². The van der Waals surface area contributed by atoms with Crippen LogP contribution in [-0.2, 0) is 0 Å². The number of alkyl halides is 3. The SMILES string of the molecule is [2H]C([2H])(Oc1nc(N2CCCC(F)(F)C2)c2cnc(-c3cc(O)cc4ccc(F)c(C#C)c34)c(F)c2n1)[C@@]12CCCN1C[C@H](F)C2. The summed E-state index contributed by atoms with van der Waals surface area (Å²) < 4.78 is 98.7. The first-order valence-electron chi connectivity index (χ1n) is 15.3. The van der Waals surface area contributed by atoms with E-state index in [4.69, 9.17) is 13.9 Å². The number of aromatic hydroxyl groups is 1. The Morgan fingerprint density at radius 2 is 1.98 bits per heavy atom. The molecule has 228 valence electrons.